The summed E-state index contributed by atoms with van der Waals surface area (Å²) >= 11 is 0. The van der Waals surface area contributed by atoms with Crippen molar-refractivity contribution in [2.45, 2.75) is 71.1 Å². The minimum Gasteiger partial charge on any atom is -0.492 e. The second-order valence-corrected chi connectivity index (χ2v) is 10.5. The Kier molecular flexibility index (Phi) is 11.3. The second-order valence-electron chi connectivity index (χ2n) is 10.5. The Morgan fingerprint density at radius 2 is 0.825 bits per heavy atom. The van der Waals surface area contributed by atoms with Crippen LogP contribution in [0.4, 0.5) is 13.2 Å². The molecule has 0 unspecified atom stereocenters. The highest BCUT2D eigenvalue weighted by molar-refractivity contribution is 5.88. The molecule has 0 amide bonds. The number of rotatable bonds is 15. The van der Waals surface area contributed by atoms with Gasteiger partial charge in [0.25, 0.3) is 0 Å². The van der Waals surface area contributed by atoms with Crippen molar-refractivity contribution in [2.24, 2.45) is 0 Å². The molecule has 0 spiro atoms. The zero-order valence-electron chi connectivity index (χ0n) is 23.4. The third-order valence-electron chi connectivity index (χ3n) is 7.32. The molecule has 4 heteroatoms. The van der Waals surface area contributed by atoms with Crippen LogP contribution in [0.1, 0.15) is 71.1 Å². The first kappa shape index (κ1) is 29.5. The summed E-state index contributed by atoms with van der Waals surface area (Å²) in [4.78, 5) is 0. The van der Waals surface area contributed by atoms with Crippen LogP contribution in [0.25, 0.3) is 33.4 Å². The summed E-state index contributed by atoms with van der Waals surface area (Å²) in [6, 6.07) is 23.0. The van der Waals surface area contributed by atoms with Crippen LogP contribution in [0.3, 0.4) is 0 Å². The van der Waals surface area contributed by atoms with Gasteiger partial charge in [0.15, 0.2) is 0 Å². The zero-order valence-corrected chi connectivity index (χ0v) is 23.4. The van der Waals surface area contributed by atoms with Crippen molar-refractivity contribution in [2.75, 3.05) is 6.61 Å². The monoisotopic (exact) mass is 544 g/mol. The van der Waals surface area contributed by atoms with E-state index in [2.05, 4.69) is 6.92 Å². The first-order valence-electron chi connectivity index (χ1n) is 14.6. The van der Waals surface area contributed by atoms with Crippen molar-refractivity contribution in [3.63, 3.8) is 0 Å². The van der Waals surface area contributed by atoms with Crippen LogP contribution in [0.5, 0.6) is 5.75 Å². The lowest BCUT2D eigenvalue weighted by Crippen LogP contribution is -2.02. The Hall–Kier alpha value is -3.53. The molecule has 0 N–H and O–H groups in total. The number of hydrogen-bond donors (Lipinski definition) is 0. The second kappa shape index (κ2) is 15.3. The first-order valence-corrected chi connectivity index (χ1v) is 14.6. The van der Waals surface area contributed by atoms with Gasteiger partial charge in [-0.2, -0.15) is 0 Å². The van der Waals surface area contributed by atoms with E-state index in [1.165, 1.54) is 87.8 Å². The van der Waals surface area contributed by atoms with Crippen LogP contribution in [0, 0.1) is 17.5 Å². The van der Waals surface area contributed by atoms with Crippen molar-refractivity contribution in [3.8, 4) is 39.1 Å². The van der Waals surface area contributed by atoms with Gasteiger partial charge in [-0.3, -0.25) is 0 Å². The van der Waals surface area contributed by atoms with Gasteiger partial charge in [0.05, 0.1) is 6.61 Å². The molecular weight excluding hydrogens is 505 g/mol. The normalized spacial score (nSPS) is 11.1. The van der Waals surface area contributed by atoms with Crippen LogP contribution in [0.15, 0.2) is 84.9 Å². The third kappa shape index (κ3) is 8.48. The molecule has 0 radical (unpaired) electrons. The molecule has 0 bridgehead atoms. The van der Waals surface area contributed by atoms with Crippen LogP contribution in [-0.2, 0) is 0 Å². The summed E-state index contributed by atoms with van der Waals surface area (Å²) in [5.74, 6) is -0.257. The van der Waals surface area contributed by atoms with Gasteiger partial charge < -0.3 is 4.74 Å². The minimum atomic E-state index is -0.315. The Balaban J connectivity index is 1.58. The van der Waals surface area contributed by atoms with Crippen LogP contribution >= 0.6 is 0 Å². The van der Waals surface area contributed by atoms with Gasteiger partial charge in [0, 0.05) is 11.1 Å². The van der Waals surface area contributed by atoms with Gasteiger partial charge in [0.2, 0.25) is 0 Å². The predicted octanol–water partition coefficient (Wildman–Crippen LogP) is 11.4. The molecule has 0 fully saturated rings. The molecular formula is C36H39F3O. The fourth-order valence-electron chi connectivity index (χ4n) is 5.04. The van der Waals surface area contributed by atoms with E-state index >= 15 is 0 Å². The number of ether oxygens (including phenoxy) is 1. The smallest absolute Gasteiger partial charge is 0.134 e. The number of hydrogen-bond acceptors (Lipinski definition) is 1. The highest BCUT2D eigenvalue weighted by atomic mass is 19.1. The van der Waals surface area contributed by atoms with E-state index in [1.807, 2.05) is 12.1 Å². The molecule has 0 aliphatic heterocycles. The lowest BCUT2D eigenvalue weighted by atomic mass is 9.92. The van der Waals surface area contributed by atoms with Gasteiger partial charge >= 0.3 is 0 Å². The van der Waals surface area contributed by atoms with E-state index in [4.69, 9.17) is 4.74 Å². The largest absolute Gasteiger partial charge is 0.492 e. The molecule has 0 aliphatic rings. The molecule has 4 aromatic carbocycles. The van der Waals surface area contributed by atoms with E-state index in [9.17, 15) is 13.2 Å². The molecule has 4 aromatic rings. The van der Waals surface area contributed by atoms with Crippen LogP contribution < -0.4 is 4.74 Å². The molecule has 0 aromatic heterocycles. The molecule has 210 valence electrons. The van der Waals surface area contributed by atoms with Crippen molar-refractivity contribution in [1.82, 2.24) is 0 Å². The van der Waals surface area contributed by atoms with Gasteiger partial charge in [-0.05, 0) is 77.2 Å². The molecule has 0 atom stereocenters. The van der Waals surface area contributed by atoms with Crippen molar-refractivity contribution >= 4 is 0 Å². The number of unbranched alkanes of at least 4 members (excludes halogenated alkanes) is 9. The van der Waals surface area contributed by atoms with E-state index < -0.39 is 0 Å². The maximum atomic E-state index is 13.8. The Morgan fingerprint density at radius 3 is 1.25 bits per heavy atom. The van der Waals surface area contributed by atoms with Crippen molar-refractivity contribution in [1.29, 1.82) is 0 Å². The highest BCUT2D eigenvalue weighted by Crippen LogP contribution is 2.43. The molecule has 0 saturated heterocycles. The topological polar surface area (TPSA) is 9.23 Å². The van der Waals surface area contributed by atoms with E-state index in [-0.39, 0.29) is 17.5 Å². The summed E-state index contributed by atoms with van der Waals surface area (Å²) in [6.45, 7) is 2.79. The van der Waals surface area contributed by atoms with E-state index in [0.29, 0.717) is 12.4 Å². The molecule has 0 heterocycles. The summed E-state index contributed by atoms with van der Waals surface area (Å²) in [5, 5.41) is 0. The maximum Gasteiger partial charge on any atom is 0.134 e. The van der Waals surface area contributed by atoms with Gasteiger partial charge in [-0.25, -0.2) is 13.2 Å². The summed E-state index contributed by atoms with van der Waals surface area (Å²) < 4.78 is 47.8. The molecule has 0 saturated carbocycles. The Labute approximate surface area is 237 Å². The van der Waals surface area contributed by atoms with Crippen molar-refractivity contribution in [3.05, 3.63) is 102 Å². The Morgan fingerprint density at radius 1 is 0.450 bits per heavy atom. The van der Waals surface area contributed by atoms with Crippen LogP contribution in [0.2, 0.25) is 0 Å². The lowest BCUT2D eigenvalue weighted by molar-refractivity contribution is 0.306. The zero-order chi connectivity index (χ0) is 28.2. The van der Waals surface area contributed by atoms with Crippen molar-refractivity contribution < 1.29 is 17.9 Å². The molecule has 0 aliphatic carbocycles. The highest BCUT2D eigenvalue weighted by Gasteiger charge is 2.17. The number of halogens is 3. The average molecular weight is 545 g/mol. The summed E-state index contributed by atoms with van der Waals surface area (Å²) in [7, 11) is 0. The van der Waals surface area contributed by atoms with Gasteiger partial charge in [-0.1, -0.05) is 101 Å². The summed E-state index contributed by atoms with van der Waals surface area (Å²) in [5.41, 5.74) is 4.96. The quantitative estimate of drug-likeness (QED) is 0.135. The number of benzene rings is 4. The standard InChI is InChI=1S/C36H39F3O/c1-2-3-4-5-6-7-8-9-10-11-24-40-36-34(28-14-20-32(38)21-15-28)25-30(27-12-18-31(37)19-13-27)26-35(36)29-16-22-33(39)23-17-29/h12-23,25-26H,2-11,24H2,1H3. The van der Waals surface area contributed by atoms with Crippen LogP contribution in [-0.4, -0.2) is 6.61 Å². The predicted molar refractivity (Wildman–Crippen MR) is 160 cm³/mol. The van der Waals surface area contributed by atoms with E-state index in [0.717, 1.165) is 46.2 Å². The molecule has 1 nitrogen and oxygen atoms in total. The van der Waals surface area contributed by atoms with Gasteiger partial charge in [-0.15, -0.1) is 0 Å². The third-order valence-corrected chi connectivity index (χ3v) is 7.32. The SMILES string of the molecule is CCCCCCCCCCCCOc1c(-c2ccc(F)cc2)cc(-c2ccc(F)cc2)cc1-c1ccc(F)cc1. The first-order chi connectivity index (χ1) is 19.5. The Bertz CT molecular complexity index is 1250. The maximum absolute atomic E-state index is 13.8. The lowest BCUT2D eigenvalue weighted by Gasteiger charge is -2.19. The average Bonchev–Trinajstić information content (AvgIpc) is 2.97. The molecule has 4 rings (SSSR count). The molecule has 40 heavy (non-hydrogen) atoms. The van der Waals surface area contributed by atoms with E-state index in [1.54, 1.807) is 36.4 Å². The summed E-state index contributed by atoms with van der Waals surface area (Å²) in [6.07, 6.45) is 12.4. The minimum absolute atomic E-state index is 0.308. The van der Waals surface area contributed by atoms with Gasteiger partial charge in [0.1, 0.15) is 23.2 Å². The fraction of sp³-hybridized carbons (Fsp3) is 0.333. The fourth-order valence-corrected chi connectivity index (χ4v) is 5.04.